The van der Waals surface area contributed by atoms with E-state index in [4.69, 9.17) is 4.74 Å². The first kappa shape index (κ1) is 13.4. The van der Waals surface area contributed by atoms with Crippen LogP contribution < -0.4 is 10.6 Å². The molecule has 0 aromatic heterocycles. The van der Waals surface area contributed by atoms with Crippen LogP contribution in [-0.2, 0) is 11.3 Å². The fraction of sp³-hybridized carbons (Fsp3) is 0.562. The molecule has 1 spiro atoms. The van der Waals surface area contributed by atoms with Gasteiger partial charge in [0.2, 0.25) is 0 Å². The summed E-state index contributed by atoms with van der Waals surface area (Å²) in [6, 6.07) is 10.1. The maximum absolute atomic E-state index is 11.9. The summed E-state index contributed by atoms with van der Waals surface area (Å²) in [7, 11) is 0. The second-order valence-electron chi connectivity index (χ2n) is 5.91. The molecule has 2 N–H and O–H groups in total. The van der Waals surface area contributed by atoms with Crippen LogP contribution >= 0.6 is 0 Å². The Morgan fingerprint density at radius 1 is 1.25 bits per heavy atom. The first-order valence-corrected chi connectivity index (χ1v) is 7.46. The van der Waals surface area contributed by atoms with Crippen molar-refractivity contribution in [3.63, 3.8) is 0 Å². The van der Waals surface area contributed by atoms with Gasteiger partial charge in [-0.05, 0) is 49.8 Å². The molecule has 4 heteroatoms. The minimum absolute atomic E-state index is 0.281. The van der Waals surface area contributed by atoms with E-state index in [2.05, 4.69) is 10.6 Å². The van der Waals surface area contributed by atoms with E-state index in [9.17, 15) is 4.79 Å². The highest BCUT2D eigenvalue weighted by Gasteiger charge is 2.47. The van der Waals surface area contributed by atoms with Crippen LogP contribution in [0.3, 0.4) is 0 Å². The molecule has 1 saturated heterocycles. The lowest BCUT2D eigenvalue weighted by molar-refractivity contribution is 0.0260. The molecule has 1 unspecified atom stereocenters. The van der Waals surface area contributed by atoms with Gasteiger partial charge in [0.05, 0.1) is 0 Å². The van der Waals surface area contributed by atoms with Crippen LogP contribution in [0.5, 0.6) is 0 Å². The molecule has 2 fully saturated rings. The molecule has 3 rings (SSSR count). The average Bonchev–Trinajstić information content (AvgIpc) is 2.51. The van der Waals surface area contributed by atoms with Crippen molar-refractivity contribution >= 4 is 6.09 Å². The summed E-state index contributed by atoms with van der Waals surface area (Å²) < 4.78 is 5.30. The zero-order valence-corrected chi connectivity index (χ0v) is 11.7. The lowest BCUT2D eigenvalue weighted by Crippen LogP contribution is -2.58. The number of rotatable bonds is 3. The van der Waals surface area contributed by atoms with Crippen LogP contribution in [-0.4, -0.2) is 25.2 Å². The van der Waals surface area contributed by atoms with Crippen LogP contribution in [0, 0.1) is 5.41 Å². The highest BCUT2D eigenvalue weighted by atomic mass is 16.5. The lowest BCUT2D eigenvalue weighted by atomic mass is 9.59. The third kappa shape index (κ3) is 2.80. The van der Waals surface area contributed by atoms with Crippen molar-refractivity contribution < 1.29 is 9.53 Å². The molecule has 0 bridgehead atoms. The standard InChI is InChI=1S/C16H22N2O2/c19-15(20-12-13-4-2-1-3-5-13)18-14-6-7-16(14)8-10-17-11-9-16/h1-5,14,17H,6-12H2,(H,18,19). The van der Waals surface area contributed by atoms with E-state index in [0.717, 1.165) is 37.9 Å². The summed E-state index contributed by atoms with van der Waals surface area (Å²) in [6.45, 7) is 2.47. The highest BCUT2D eigenvalue weighted by molar-refractivity contribution is 5.68. The van der Waals surface area contributed by atoms with Gasteiger partial charge in [0.1, 0.15) is 6.61 Å². The quantitative estimate of drug-likeness (QED) is 0.890. The van der Waals surface area contributed by atoms with Gasteiger partial charge in [0.15, 0.2) is 0 Å². The van der Waals surface area contributed by atoms with E-state index in [1.807, 2.05) is 30.3 Å². The number of carbonyl (C=O) groups excluding carboxylic acids is 1. The van der Waals surface area contributed by atoms with Gasteiger partial charge < -0.3 is 15.4 Å². The zero-order valence-electron chi connectivity index (χ0n) is 11.7. The second-order valence-corrected chi connectivity index (χ2v) is 5.91. The maximum atomic E-state index is 11.9. The fourth-order valence-corrected chi connectivity index (χ4v) is 3.35. The van der Waals surface area contributed by atoms with Crippen LogP contribution in [0.25, 0.3) is 0 Å². The number of alkyl carbamates (subject to hydrolysis) is 1. The van der Waals surface area contributed by atoms with E-state index >= 15 is 0 Å². The van der Waals surface area contributed by atoms with Crippen molar-refractivity contribution in [2.24, 2.45) is 5.41 Å². The number of benzene rings is 1. The Labute approximate surface area is 119 Å². The first-order chi connectivity index (χ1) is 9.78. The molecular formula is C16H22N2O2. The Kier molecular flexibility index (Phi) is 3.92. The fourth-order valence-electron chi connectivity index (χ4n) is 3.35. The van der Waals surface area contributed by atoms with Crippen molar-refractivity contribution in [1.82, 2.24) is 10.6 Å². The summed E-state index contributed by atoms with van der Waals surface area (Å²) in [5.41, 5.74) is 1.35. The average molecular weight is 274 g/mol. The second kappa shape index (κ2) is 5.83. The van der Waals surface area contributed by atoms with Crippen molar-refractivity contribution in [3.05, 3.63) is 35.9 Å². The summed E-state index contributed by atoms with van der Waals surface area (Å²) in [5, 5.41) is 6.44. The minimum atomic E-state index is -0.281. The molecule has 1 atom stereocenters. The number of amides is 1. The maximum Gasteiger partial charge on any atom is 0.407 e. The Morgan fingerprint density at radius 3 is 2.65 bits per heavy atom. The van der Waals surface area contributed by atoms with E-state index < -0.39 is 0 Å². The predicted octanol–water partition coefficient (Wildman–Crippen LogP) is 2.45. The summed E-state index contributed by atoms with van der Waals surface area (Å²) >= 11 is 0. The Bertz CT molecular complexity index is 455. The summed E-state index contributed by atoms with van der Waals surface area (Å²) in [5.74, 6) is 0. The van der Waals surface area contributed by atoms with Crippen molar-refractivity contribution in [1.29, 1.82) is 0 Å². The Hall–Kier alpha value is -1.55. The molecule has 20 heavy (non-hydrogen) atoms. The van der Waals surface area contributed by atoms with Gasteiger partial charge in [-0.1, -0.05) is 30.3 Å². The van der Waals surface area contributed by atoms with Crippen LogP contribution in [0.15, 0.2) is 30.3 Å². The molecule has 1 aromatic carbocycles. The number of ether oxygens (including phenoxy) is 1. The van der Waals surface area contributed by atoms with Crippen LogP contribution in [0.2, 0.25) is 0 Å². The number of piperidine rings is 1. The molecule has 108 valence electrons. The molecular weight excluding hydrogens is 252 g/mol. The molecule has 2 aliphatic rings. The number of hydrogen-bond donors (Lipinski definition) is 2. The molecule has 1 aliphatic heterocycles. The van der Waals surface area contributed by atoms with Gasteiger partial charge in [-0.3, -0.25) is 0 Å². The Balaban J connectivity index is 1.47. The van der Waals surface area contributed by atoms with Crippen molar-refractivity contribution in [3.8, 4) is 0 Å². The van der Waals surface area contributed by atoms with E-state index in [0.29, 0.717) is 18.1 Å². The Morgan fingerprint density at radius 2 is 2.00 bits per heavy atom. The monoisotopic (exact) mass is 274 g/mol. The number of nitrogens with one attached hydrogen (secondary N) is 2. The molecule has 1 aromatic rings. The topological polar surface area (TPSA) is 50.4 Å². The van der Waals surface area contributed by atoms with Crippen LogP contribution in [0.1, 0.15) is 31.2 Å². The highest BCUT2D eigenvalue weighted by Crippen LogP contribution is 2.47. The predicted molar refractivity (Wildman–Crippen MR) is 77.3 cm³/mol. The smallest absolute Gasteiger partial charge is 0.407 e. The van der Waals surface area contributed by atoms with Crippen molar-refractivity contribution in [2.75, 3.05) is 13.1 Å². The van der Waals surface area contributed by atoms with Gasteiger partial charge in [-0.15, -0.1) is 0 Å². The molecule has 1 heterocycles. The van der Waals surface area contributed by atoms with Gasteiger partial charge in [-0.2, -0.15) is 0 Å². The van der Waals surface area contributed by atoms with Gasteiger partial charge in [-0.25, -0.2) is 4.79 Å². The number of carbonyl (C=O) groups is 1. The van der Waals surface area contributed by atoms with Gasteiger partial charge >= 0.3 is 6.09 Å². The molecule has 1 amide bonds. The molecule has 1 saturated carbocycles. The van der Waals surface area contributed by atoms with Gasteiger partial charge in [0, 0.05) is 6.04 Å². The first-order valence-electron chi connectivity index (χ1n) is 7.46. The third-order valence-electron chi connectivity index (χ3n) is 4.77. The van der Waals surface area contributed by atoms with Crippen molar-refractivity contribution in [2.45, 2.75) is 38.3 Å². The zero-order chi connectivity index (χ0) is 13.8. The third-order valence-corrected chi connectivity index (χ3v) is 4.77. The number of hydrogen-bond acceptors (Lipinski definition) is 3. The van der Waals surface area contributed by atoms with E-state index in [1.165, 1.54) is 6.42 Å². The lowest BCUT2D eigenvalue weighted by Gasteiger charge is -2.52. The van der Waals surface area contributed by atoms with E-state index in [-0.39, 0.29) is 6.09 Å². The minimum Gasteiger partial charge on any atom is -0.445 e. The molecule has 0 radical (unpaired) electrons. The summed E-state index contributed by atoms with van der Waals surface area (Å²) in [6.07, 6.45) is 4.36. The largest absolute Gasteiger partial charge is 0.445 e. The van der Waals surface area contributed by atoms with Crippen LogP contribution in [0.4, 0.5) is 4.79 Å². The molecule has 1 aliphatic carbocycles. The van der Waals surface area contributed by atoms with Gasteiger partial charge in [0.25, 0.3) is 0 Å². The summed E-state index contributed by atoms with van der Waals surface area (Å²) in [4.78, 5) is 11.9. The molecule has 4 nitrogen and oxygen atoms in total. The normalized spacial score (nSPS) is 23.9. The SMILES string of the molecule is O=C(NC1CCC12CCNCC2)OCc1ccccc1. The van der Waals surface area contributed by atoms with E-state index in [1.54, 1.807) is 0 Å².